The van der Waals surface area contributed by atoms with Crippen molar-refractivity contribution in [1.82, 2.24) is 5.32 Å². The molecule has 0 spiro atoms. The summed E-state index contributed by atoms with van der Waals surface area (Å²) in [6.45, 7) is -0.0747. The van der Waals surface area contributed by atoms with Crippen LogP contribution in [0.5, 0.6) is 0 Å². The lowest BCUT2D eigenvalue weighted by molar-refractivity contribution is -0.123. The van der Waals surface area contributed by atoms with Gasteiger partial charge in [-0.25, -0.2) is 0 Å². The molecule has 2 aromatic carbocycles. The van der Waals surface area contributed by atoms with Crippen LogP contribution in [0.25, 0.3) is 10.8 Å². The van der Waals surface area contributed by atoms with Gasteiger partial charge in [0.25, 0.3) is 0 Å². The molecule has 3 nitrogen and oxygen atoms in total. The van der Waals surface area contributed by atoms with Crippen LogP contribution in [0, 0.1) is 5.92 Å². The van der Waals surface area contributed by atoms with E-state index in [1.807, 2.05) is 24.3 Å². The summed E-state index contributed by atoms with van der Waals surface area (Å²) >= 11 is 0. The Morgan fingerprint density at radius 2 is 1.83 bits per heavy atom. The van der Waals surface area contributed by atoms with Gasteiger partial charge in [0.1, 0.15) is 0 Å². The lowest BCUT2D eigenvalue weighted by atomic mass is 9.87. The van der Waals surface area contributed by atoms with E-state index >= 15 is 0 Å². The average Bonchev–Trinajstić information content (AvgIpc) is 2.60. The minimum absolute atomic E-state index is 0.0594. The highest BCUT2D eigenvalue weighted by Gasteiger charge is 2.19. The Morgan fingerprint density at radius 1 is 1.09 bits per heavy atom. The van der Waals surface area contributed by atoms with E-state index in [0.717, 1.165) is 23.8 Å². The lowest BCUT2D eigenvalue weighted by Crippen LogP contribution is -2.32. The van der Waals surface area contributed by atoms with Gasteiger partial charge in [-0.3, -0.25) is 4.79 Å². The average molecular weight is 311 g/mol. The van der Waals surface area contributed by atoms with E-state index < -0.39 is 0 Å². The highest BCUT2D eigenvalue weighted by atomic mass is 16.3. The summed E-state index contributed by atoms with van der Waals surface area (Å²) < 4.78 is 0. The van der Waals surface area contributed by atoms with Crippen LogP contribution in [0.2, 0.25) is 0 Å². The Kier molecular flexibility index (Phi) is 5.29. The number of hydrogen-bond donors (Lipinski definition) is 2. The molecule has 0 saturated heterocycles. The molecule has 0 aromatic heterocycles. The molecule has 1 saturated carbocycles. The highest BCUT2D eigenvalue weighted by Crippen LogP contribution is 2.27. The molecule has 0 heterocycles. The Bertz CT molecular complexity index is 661. The molecule has 2 aromatic rings. The Morgan fingerprint density at radius 3 is 2.57 bits per heavy atom. The topological polar surface area (TPSA) is 49.3 Å². The van der Waals surface area contributed by atoms with E-state index in [1.165, 1.54) is 24.6 Å². The van der Waals surface area contributed by atoms with Gasteiger partial charge < -0.3 is 10.4 Å². The fourth-order valence-corrected chi connectivity index (χ4v) is 3.57. The van der Waals surface area contributed by atoms with Crippen LogP contribution in [0.15, 0.2) is 42.5 Å². The standard InChI is InChI=1S/C20H25NO2/c22-14-19(21-20(23)12-15-6-2-1-3-7-15)18-11-10-16-8-4-5-9-17(16)13-18/h4-5,8-11,13,15,19,22H,1-3,6-7,12,14H2,(H,21,23)/t19-/m0/s1. The quantitative estimate of drug-likeness (QED) is 0.878. The van der Waals surface area contributed by atoms with Crippen LogP contribution in [0.3, 0.4) is 0 Å². The molecule has 1 atom stereocenters. The molecule has 1 fully saturated rings. The second kappa shape index (κ2) is 7.60. The minimum Gasteiger partial charge on any atom is -0.394 e. The predicted octanol–water partition coefficient (Wildman–Crippen LogP) is 3.96. The van der Waals surface area contributed by atoms with Crippen LogP contribution >= 0.6 is 0 Å². The molecule has 3 heteroatoms. The summed E-state index contributed by atoms with van der Waals surface area (Å²) in [4.78, 5) is 12.3. The predicted molar refractivity (Wildman–Crippen MR) is 93.1 cm³/mol. The van der Waals surface area contributed by atoms with E-state index in [4.69, 9.17) is 0 Å². The second-order valence-corrected chi connectivity index (χ2v) is 6.62. The summed E-state index contributed by atoms with van der Waals surface area (Å²) in [6, 6.07) is 13.9. The zero-order chi connectivity index (χ0) is 16.1. The number of fused-ring (bicyclic) bond motifs is 1. The number of rotatable bonds is 5. The Balaban J connectivity index is 1.66. The van der Waals surface area contributed by atoms with E-state index in [0.29, 0.717) is 12.3 Å². The molecule has 0 unspecified atom stereocenters. The first-order valence-corrected chi connectivity index (χ1v) is 8.65. The summed E-state index contributed by atoms with van der Waals surface area (Å²) in [5, 5.41) is 15.0. The highest BCUT2D eigenvalue weighted by molar-refractivity contribution is 5.83. The van der Waals surface area contributed by atoms with Crippen molar-refractivity contribution in [2.75, 3.05) is 6.61 Å². The smallest absolute Gasteiger partial charge is 0.220 e. The number of nitrogens with one attached hydrogen (secondary N) is 1. The Labute approximate surface area is 137 Å². The van der Waals surface area contributed by atoms with Crippen LogP contribution in [-0.4, -0.2) is 17.6 Å². The molecule has 122 valence electrons. The van der Waals surface area contributed by atoms with Gasteiger partial charge in [-0.2, -0.15) is 0 Å². The third kappa shape index (κ3) is 4.11. The first-order chi connectivity index (χ1) is 11.3. The van der Waals surface area contributed by atoms with Crippen molar-refractivity contribution in [3.63, 3.8) is 0 Å². The van der Waals surface area contributed by atoms with Crippen LogP contribution in [0.1, 0.15) is 50.1 Å². The van der Waals surface area contributed by atoms with Crippen molar-refractivity contribution in [1.29, 1.82) is 0 Å². The summed E-state index contributed by atoms with van der Waals surface area (Å²) in [6.07, 6.45) is 6.69. The SMILES string of the molecule is O=C(CC1CCCCC1)N[C@@H](CO)c1ccc2ccccc2c1. The normalized spacial score (nSPS) is 17.1. The van der Waals surface area contributed by atoms with Crippen LogP contribution in [-0.2, 0) is 4.79 Å². The van der Waals surface area contributed by atoms with Crippen LogP contribution in [0.4, 0.5) is 0 Å². The van der Waals surface area contributed by atoms with Crippen molar-refractivity contribution < 1.29 is 9.90 Å². The molecule has 0 radical (unpaired) electrons. The van der Waals surface area contributed by atoms with Gasteiger partial charge >= 0.3 is 0 Å². The number of carbonyl (C=O) groups excluding carboxylic acids is 1. The maximum Gasteiger partial charge on any atom is 0.220 e. The van der Waals surface area contributed by atoms with Crippen molar-refractivity contribution in [3.05, 3.63) is 48.0 Å². The van der Waals surface area contributed by atoms with Crippen LogP contribution < -0.4 is 5.32 Å². The van der Waals surface area contributed by atoms with Gasteiger partial charge in [-0.15, -0.1) is 0 Å². The van der Waals surface area contributed by atoms with E-state index in [1.54, 1.807) is 0 Å². The van der Waals surface area contributed by atoms with Gasteiger partial charge in [0.05, 0.1) is 12.6 Å². The number of benzene rings is 2. The van der Waals surface area contributed by atoms with Crippen molar-refractivity contribution in [2.24, 2.45) is 5.92 Å². The number of amides is 1. The molecule has 3 rings (SSSR count). The first kappa shape index (κ1) is 16.0. The summed E-state index contributed by atoms with van der Waals surface area (Å²) in [5.41, 5.74) is 0.961. The van der Waals surface area contributed by atoms with E-state index in [-0.39, 0.29) is 18.6 Å². The maximum atomic E-state index is 12.3. The molecular formula is C20H25NO2. The van der Waals surface area contributed by atoms with Gasteiger partial charge in [0, 0.05) is 6.42 Å². The third-order valence-corrected chi connectivity index (χ3v) is 4.89. The van der Waals surface area contributed by atoms with Crippen molar-refractivity contribution in [3.8, 4) is 0 Å². The molecule has 1 aliphatic carbocycles. The van der Waals surface area contributed by atoms with Gasteiger partial charge in [0.15, 0.2) is 0 Å². The molecular weight excluding hydrogens is 286 g/mol. The lowest BCUT2D eigenvalue weighted by Gasteiger charge is -2.23. The van der Waals surface area contributed by atoms with Crippen molar-refractivity contribution >= 4 is 16.7 Å². The summed E-state index contributed by atoms with van der Waals surface area (Å²) in [7, 11) is 0. The number of hydrogen-bond acceptors (Lipinski definition) is 2. The monoisotopic (exact) mass is 311 g/mol. The zero-order valence-electron chi connectivity index (χ0n) is 13.5. The molecule has 23 heavy (non-hydrogen) atoms. The van der Waals surface area contributed by atoms with E-state index in [2.05, 4.69) is 23.5 Å². The zero-order valence-corrected chi connectivity index (χ0v) is 13.5. The number of aliphatic hydroxyl groups is 1. The fourth-order valence-electron chi connectivity index (χ4n) is 3.57. The maximum absolute atomic E-state index is 12.3. The molecule has 1 aliphatic rings. The van der Waals surface area contributed by atoms with Crippen molar-refractivity contribution in [2.45, 2.75) is 44.6 Å². The number of aliphatic hydroxyl groups excluding tert-OH is 1. The third-order valence-electron chi connectivity index (χ3n) is 4.89. The van der Waals surface area contributed by atoms with Gasteiger partial charge in [0.2, 0.25) is 5.91 Å². The molecule has 2 N–H and O–H groups in total. The largest absolute Gasteiger partial charge is 0.394 e. The molecule has 0 bridgehead atoms. The first-order valence-electron chi connectivity index (χ1n) is 8.65. The number of carbonyl (C=O) groups is 1. The Hall–Kier alpha value is -1.87. The van der Waals surface area contributed by atoms with Gasteiger partial charge in [-0.1, -0.05) is 55.7 Å². The minimum atomic E-state index is -0.323. The molecule has 1 amide bonds. The van der Waals surface area contributed by atoms with Gasteiger partial charge in [-0.05, 0) is 41.2 Å². The fraction of sp³-hybridized carbons (Fsp3) is 0.450. The summed E-state index contributed by atoms with van der Waals surface area (Å²) in [5.74, 6) is 0.573. The second-order valence-electron chi connectivity index (χ2n) is 6.62. The molecule has 0 aliphatic heterocycles. The van der Waals surface area contributed by atoms with E-state index in [9.17, 15) is 9.90 Å².